The van der Waals surface area contributed by atoms with Gasteiger partial charge in [0.2, 0.25) is 0 Å². The van der Waals surface area contributed by atoms with Crippen LogP contribution in [-0.4, -0.2) is 15.0 Å². The van der Waals surface area contributed by atoms with Gasteiger partial charge in [0.15, 0.2) is 0 Å². The molecule has 0 aliphatic rings. The van der Waals surface area contributed by atoms with Crippen LogP contribution in [0.2, 0.25) is 10.0 Å². The van der Waals surface area contributed by atoms with Crippen molar-refractivity contribution in [1.82, 2.24) is 15.0 Å². The number of rotatable bonds is 5. The molecule has 4 rings (SSSR count). The minimum atomic E-state index is -0.765. The number of hydrogen-bond donors (Lipinski definition) is 2. The minimum absolute atomic E-state index is 0.418. The Bertz CT molecular complexity index is 1180. The SMILES string of the molecule is Nc1cccc(CC(c2cccnc2)(c2ccc(Cl)c(Cl)c2)c2cccc(N)n2)n1. The van der Waals surface area contributed by atoms with E-state index in [9.17, 15) is 0 Å². The molecule has 0 fully saturated rings. The summed E-state index contributed by atoms with van der Waals surface area (Å²) in [5.74, 6) is 0.864. The molecule has 0 aliphatic heterocycles. The van der Waals surface area contributed by atoms with E-state index in [1.807, 2.05) is 54.7 Å². The molecule has 0 amide bonds. The zero-order valence-electron chi connectivity index (χ0n) is 16.0. The molecule has 3 aromatic heterocycles. The molecule has 150 valence electrons. The summed E-state index contributed by atoms with van der Waals surface area (Å²) in [5.41, 5.74) is 14.6. The number of benzene rings is 1. The van der Waals surface area contributed by atoms with Crippen LogP contribution in [-0.2, 0) is 11.8 Å². The highest BCUT2D eigenvalue weighted by Crippen LogP contribution is 2.42. The van der Waals surface area contributed by atoms with Crippen LogP contribution in [0.5, 0.6) is 0 Å². The van der Waals surface area contributed by atoms with Gasteiger partial charge < -0.3 is 11.5 Å². The third-order valence-corrected chi connectivity index (χ3v) is 5.79. The molecule has 0 bridgehead atoms. The second kappa shape index (κ2) is 8.30. The van der Waals surface area contributed by atoms with Crippen molar-refractivity contribution < 1.29 is 0 Å². The number of nitrogens with zero attached hydrogens (tertiary/aromatic N) is 3. The minimum Gasteiger partial charge on any atom is -0.384 e. The van der Waals surface area contributed by atoms with Crippen molar-refractivity contribution in [3.05, 3.63) is 112 Å². The Morgan fingerprint density at radius 1 is 0.767 bits per heavy atom. The number of anilines is 2. The van der Waals surface area contributed by atoms with E-state index in [-0.39, 0.29) is 0 Å². The maximum Gasteiger partial charge on any atom is 0.123 e. The van der Waals surface area contributed by atoms with Crippen LogP contribution in [0.25, 0.3) is 0 Å². The maximum atomic E-state index is 6.43. The monoisotopic (exact) mass is 435 g/mol. The number of pyridine rings is 3. The van der Waals surface area contributed by atoms with Crippen LogP contribution < -0.4 is 11.5 Å². The normalized spacial score (nSPS) is 13.0. The van der Waals surface area contributed by atoms with Gasteiger partial charge in [-0.3, -0.25) is 4.98 Å². The molecule has 3 heterocycles. The zero-order chi connectivity index (χ0) is 21.1. The topological polar surface area (TPSA) is 90.7 Å². The van der Waals surface area contributed by atoms with Crippen LogP contribution >= 0.6 is 23.2 Å². The second-order valence-electron chi connectivity index (χ2n) is 6.95. The van der Waals surface area contributed by atoms with E-state index in [0.717, 1.165) is 22.5 Å². The summed E-state index contributed by atoms with van der Waals surface area (Å²) in [7, 11) is 0. The van der Waals surface area contributed by atoms with Crippen molar-refractivity contribution in [2.45, 2.75) is 11.8 Å². The van der Waals surface area contributed by atoms with Gasteiger partial charge in [0.25, 0.3) is 0 Å². The molecular weight excluding hydrogens is 417 g/mol. The Labute approximate surface area is 184 Å². The Hall–Kier alpha value is -3.15. The standard InChI is InChI=1S/C23H19Cl2N5/c24-18-10-9-15(12-19(18)25)23(16-4-3-11-28-14-16,20-6-2-8-22(27)30-20)13-17-5-1-7-21(26)29-17/h1-12,14H,13H2,(H2,26,29)(H2,27,30). The molecule has 0 radical (unpaired) electrons. The van der Waals surface area contributed by atoms with Crippen molar-refractivity contribution in [2.75, 3.05) is 11.5 Å². The summed E-state index contributed by atoms with van der Waals surface area (Å²) >= 11 is 12.6. The van der Waals surface area contributed by atoms with Gasteiger partial charge in [0.05, 0.1) is 21.2 Å². The molecule has 4 aromatic rings. The lowest BCUT2D eigenvalue weighted by molar-refractivity contribution is 0.582. The summed E-state index contributed by atoms with van der Waals surface area (Å²) in [5, 5.41) is 0.926. The average molecular weight is 436 g/mol. The first-order valence-electron chi connectivity index (χ1n) is 9.29. The third-order valence-electron chi connectivity index (χ3n) is 5.05. The van der Waals surface area contributed by atoms with E-state index in [4.69, 9.17) is 34.7 Å². The van der Waals surface area contributed by atoms with Crippen molar-refractivity contribution in [1.29, 1.82) is 0 Å². The van der Waals surface area contributed by atoms with Gasteiger partial charge in [-0.15, -0.1) is 0 Å². The van der Waals surface area contributed by atoms with Crippen molar-refractivity contribution >= 4 is 34.8 Å². The molecular formula is C23H19Cl2N5. The summed E-state index contributed by atoms with van der Waals surface area (Å²) < 4.78 is 0. The summed E-state index contributed by atoms with van der Waals surface area (Å²) in [4.78, 5) is 13.6. The highest BCUT2D eigenvalue weighted by Gasteiger charge is 2.39. The predicted octanol–water partition coefficient (Wildman–Crippen LogP) is 4.92. The smallest absolute Gasteiger partial charge is 0.123 e. The Kier molecular flexibility index (Phi) is 5.57. The maximum absolute atomic E-state index is 6.43. The lowest BCUT2D eigenvalue weighted by Crippen LogP contribution is -2.34. The van der Waals surface area contributed by atoms with Gasteiger partial charge in [-0.05, 0) is 53.6 Å². The number of aromatic nitrogens is 3. The largest absolute Gasteiger partial charge is 0.384 e. The van der Waals surface area contributed by atoms with E-state index >= 15 is 0 Å². The molecule has 30 heavy (non-hydrogen) atoms. The van der Waals surface area contributed by atoms with Gasteiger partial charge >= 0.3 is 0 Å². The van der Waals surface area contributed by atoms with Gasteiger partial charge in [0.1, 0.15) is 11.6 Å². The van der Waals surface area contributed by atoms with E-state index in [2.05, 4.69) is 15.0 Å². The van der Waals surface area contributed by atoms with Crippen LogP contribution in [0.3, 0.4) is 0 Å². The van der Waals surface area contributed by atoms with E-state index in [0.29, 0.717) is 28.1 Å². The summed E-state index contributed by atoms with van der Waals surface area (Å²) in [6, 6.07) is 20.6. The molecule has 4 N–H and O–H groups in total. The Morgan fingerprint density at radius 2 is 1.53 bits per heavy atom. The van der Waals surface area contributed by atoms with Crippen molar-refractivity contribution in [3.63, 3.8) is 0 Å². The first-order chi connectivity index (χ1) is 14.5. The highest BCUT2D eigenvalue weighted by atomic mass is 35.5. The van der Waals surface area contributed by atoms with Crippen molar-refractivity contribution in [2.24, 2.45) is 0 Å². The van der Waals surface area contributed by atoms with Crippen LogP contribution in [0.15, 0.2) is 79.1 Å². The third kappa shape index (κ3) is 3.82. The first-order valence-corrected chi connectivity index (χ1v) is 10.0. The number of nitrogens with two attached hydrogens (primary N) is 2. The van der Waals surface area contributed by atoms with E-state index in [1.54, 1.807) is 24.4 Å². The van der Waals surface area contributed by atoms with Gasteiger partial charge in [-0.25, -0.2) is 9.97 Å². The predicted molar refractivity (Wildman–Crippen MR) is 122 cm³/mol. The van der Waals surface area contributed by atoms with Crippen LogP contribution in [0, 0.1) is 0 Å². The molecule has 1 aromatic carbocycles. The molecule has 0 spiro atoms. The van der Waals surface area contributed by atoms with E-state index < -0.39 is 5.41 Å². The lowest BCUT2D eigenvalue weighted by Gasteiger charge is -2.35. The lowest BCUT2D eigenvalue weighted by atomic mass is 9.69. The summed E-state index contributed by atoms with van der Waals surface area (Å²) in [6.07, 6.45) is 4.02. The fourth-order valence-electron chi connectivity index (χ4n) is 3.69. The molecule has 0 saturated carbocycles. The molecule has 0 saturated heterocycles. The molecule has 1 atom stereocenters. The molecule has 0 aliphatic carbocycles. The van der Waals surface area contributed by atoms with Crippen LogP contribution in [0.4, 0.5) is 11.6 Å². The van der Waals surface area contributed by atoms with Gasteiger partial charge in [-0.2, -0.15) is 0 Å². The van der Waals surface area contributed by atoms with Gasteiger partial charge in [0, 0.05) is 24.5 Å². The summed E-state index contributed by atoms with van der Waals surface area (Å²) in [6.45, 7) is 0. The highest BCUT2D eigenvalue weighted by molar-refractivity contribution is 6.42. The number of halogens is 2. The molecule has 7 heteroatoms. The fourth-order valence-corrected chi connectivity index (χ4v) is 3.99. The number of hydrogen-bond acceptors (Lipinski definition) is 5. The zero-order valence-corrected chi connectivity index (χ0v) is 17.5. The molecule has 1 unspecified atom stereocenters. The fraction of sp³-hybridized carbons (Fsp3) is 0.0870. The Balaban J connectivity index is 2.05. The molecule has 5 nitrogen and oxygen atoms in total. The number of nitrogen functional groups attached to an aromatic ring is 2. The quantitative estimate of drug-likeness (QED) is 0.464. The van der Waals surface area contributed by atoms with E-state index in [1.165, 1.54) is 0 Å². The van der Waals surface area contributed by atoms with Crippen molar-refractivity contribution in [3.8, 4) is 0 Å². The van der Waals surface area contributed by atoms with Crippen LogP contribution in [0.1, 0.15) is 22.5 Å². The average Bonchev–Trinajstić information content (AvgIpc) is 2.75. The first kappa shape index (κ1) is 20.1. The van der Waals surface area contributed by atoms with Gasteiger partial charge in [-0.1, -0.05) is 47.5 Å². The Morgan fingerprint density at radius 3 is 2.20 bits per heavy atom. The second-order valence-corrected chi connectivity index (χ2v) is 7.77.